The molecule has 0 amide bonds. The molecule has 0 aliphatic carbocycles. The van der Waals surface area contributed by atoms with Gasteiger partial charge in [0.05, 0.1) is 4.47 Å². The lowest BCUT2D eigenvalue weighted by molar-refractivity contribution is -0.268. The van der Waals surface area contributed by atoms with Gasteiger partial charge < -0.3 is 0 Å². The second kappa shape index (κ2) is 5.10. The number of hydrogen-bond donors (Lipinski definition) is 0. The third-order valence-corrected chi connectivity index (χ3v) is 2.79. The van der Waals surface area contributed by atoms with Crippen molar-refractivity contribution in [3.63, 3.8) is 0 Å². The first kappa shape index (κ1) is 15.9. The van der Waals surface area contributed by atoms with Crippen molar-refractivity contribution in [1.29, 1.82) is 0 Å². The highest BCUT2D eigenvalue weighted by molar-refractivity contribution is 9.10. The Kier molecular flexibility index (Phi) is 4.28. The Labute approximate surface area is 110 Å². The quantitative estimate of drug-likeness (QED) is 0.592. The first-order valence-electron chi connectivity index (χ1n) is 4.58. The number of benzene rings is 1. The highest BCUT2D eigenvalue weighted by Gasteiger charge is 2.62. The highest BCUT2D eigenvalue weighted by atomic mass is 79.9. The topological polar surface area (TPSA) is 17.1 Å². The molecule has 0 unspecified atom stereocenters. The van der Waals surface area contributed by atoms with E-state index in [2.05, 4.69) is 15.9 Å². The van der Waals surface area contributed by atoms with Crippen molar-refractivity contribution in [2.75, 3.05) is 0 Å². The van der Waals surface area contributed by atoms with Crippen LogP contribution < -0.4 is 0 Å². The van der Waals surface area contributed by atoms with E-state index in [1.54, 1.807) is 0 Å². The van der Waals surface area contributed by atoms with Crippen LogP contribution in [-0.2, 0) is 11.2 Å². The maximum atomic E-state index is 13.3. The highest BCUT2D eigenvalue weighted by Crippen LogP contribution is 2.37. The van der Waals surface area contributed by atoms with Crippen LogP contribution in [0.3, 0.4) is 0 Å². The number of carbonyl (C=O) groups is 1. The molecule has 0 aromatic heterocycles. The zero-order valence-electron chi connectivity index (χ0n) is 8.79. The zero-order chi connectivity index (χ0) is 15.0. The van der Waals surface area contributed by atoms with Gasteiger partial charge in [-0.3, -0.25) is 4.79 Å². The van der Waals surface area contributed by atoms with Crippen LogP contribution in [-0.4, -0.2) is 17.9 Å². The number of alkyl halides is 5. The van der Waals surface area contributed by atoms with Crippen LogP contribution in [0.15, 0.2) is 16.6 Å². The Morgan fingerprint density at radius 1 is 1.11 bits per heavy atom. The van der Waals surface area contributed by atoms with Crippen molar-refractivity contribution < 1.29 is 35.5 Å². The van der Waals surface area contributed by atoms with Gasteiger partial charge in [0.25, 0.3) is 0 Å². The molecule has 0 fully saturated rings. The molecule has 1 aromatic rings. The van der Waals surface area contributed by atoms with E-state index in [0.29, 0.717) is 6.07 Å². The van der Waals surface area contributed by atoms with Gasteiger partial charge in [-0.05, 0) is 28.1 Å². The van der Waals surface area contributed by atoms with E-state index in [9.17, 15) is 35.5 Å². The fraction of sp³-hybridized carbons (Fsp3) is 0.300. The Morgan fingerprint density at radius 2 is 1.63 bits per heavy atom. The molecule has 0 atom stereocenters. The monoisotopic (exact) mass is 352 g/mol. The normalized spacial score (nSPS) is 12.6. The smallest absolute Gasteiger partial charge is 0.292 e. The van der Waals surface area contributed by atoms with Gasteiger partial charge in [0.1, 0.15) is 11.6 Å². The number of ketones is 1. The average molecular weight is 353 g/mol. The molecule has 106 valence electrons. The van der Waals surface area contributed by atoms with E-state index in [0.717, 1.165) is 6.07 Å². The Balaban J connectivity index is 3.12. The van der Waals surface area contributed by atoms with Gasteiger partial charge in [-0.15, -0.1) is 0 Å². The van der Waals surface area contributed by atoms with Crippen molar-refractivity contribution in [2.45, 2.75) is 18.5 Å². The summed E-state index contributed by atoms with van der Waals surface area (Å²) in [5, 5.41) is 0. The maximum Gasteiger partial charge on any atom is 0.461 e. The number of carbonyl (C=O) groups excluding carboxylic acids is 1. The summed E-state index contributed by atoms with van der Waals surface area (Å²) in [7, 11) is 0. The minimum Gasteiger partial charge on any atom is -0.292 e. The summed E-state index contributed by atoms with van der Waals surface area (Å²) in [5.74, 6) is -11.1. The van der Waals surface area contributed by atoms with Crippen LogP contribution in [0.25, 0.3) is 0 Å². The van der Waals surface area contributed by atoms with E-state index in [4.69, 9.17) is 0 Å². The average Bonchev–Trinajstić information content (AvgIpc) is 2.27. The molecule has 1 aromatic carbocycles. The van der Waals surface area contributed by atoms with E-state index in [1.807, 2.05) is 0 Å². The van der Waals surface area contributed by atoms with Gasteiger partial charge in [0.2, 0.25) is 5.78 Å². The van der Waals surface area contributed by atoms with Crippen LogP contribution in [0.4, 0.5) is 30.7 Å². The maximum absolute atomic E-state index is 13.3. The fourth-order valence-corrected chi connectivity index (χ4v) is 1.53. The van der Waals surface area contributed by atoms with Crippen molar-refractivity contribution >= 4 is 21.7 Å². The van der Waals surface area contributed by atoms with Gasteiger partial charge in [0, 0.05) is 12.0 Å². The van der Waals surface area contributed by atoms with E-state index in [1.165, 1.54) is 0 Å². The van der Waals surface area contributed by atoms with Crippen molar-refractivity contribution in [2.24, 2.45) is 0 Å². The van der Waals surface area contributed by atoms with Crippen LogP contribution in [0.1, 0.15) is 5.56 Å². The molecular formula is C10H4BrF7O. The zero-order valence-corrected chi connectivity index (χ0v) is 10.4. The Morgan fingerprint density at radius 3 is 2.11 bits per heavy atom. The van der Waals surface area contributed by atoms with Gasteiger partial charge >= 0.3 is 12.1 Å². The van der Waals surface area contributed by atoms with Crippen LogP contribution in [0.2, 0.25) is 0 Å². The summed E-state index contributed by atoms with van der Waals surface area (Å²) in [5.41, 5.74) is -1.15. The number of hydrogen-bond acceptors (Lipinski definition) is 1. The number of rotatable bonds is 3. The molecule has 0 heterocycles. The van der Waals surface area contributed by atoms with E-state index < -0.39 is 41.5 Å². The van der Waals surface area contributed by atoms with E-state index in [-0.39, 0.29) is 4.47 Å². The summed E-state index contributed by atoms with van der Waals surface area (Å²) >= 11 is 2.60. The molecular weight excluding hydrogens is 349 g/mol. The molecule has 0 radical (unpaired) electrons. The predicted molar refractivity (Wildman–Crippen MR) is 53.8 cm³/mol. The second-order valence-electron chi connectivity index (χ2n) is 3.49. The van der Waals surface area contributed by atoms with Crippen molar-refractivity contribution in [1.82, 2.24) is 0 Å². The molecule has 19 heavy (non-hydrogen) atoms. The minimum absolute atomic E-state index is 0.355. The lowest BCUT2D eigenvalue weighted by Crippen LogP contribution is -2.45. The summed E-state index contributed by atoms with van der Waals surface area (Å²) in [4.78, 5) is 10.9. The SMILES string of the molecule is O=C(Cc1c(F)ccc(Br)c1F)C(F)(F)C(F)(F)F. The molecule has 0 N–H and O–H groups in total. The molecule has 0 saturated carbocycles. The molecule has 1 nitrogen and oxygen atoms in total. The summed E-state index contributed by atoms with van der Waals surface area (Å²) < 4.78 is 87.1. The molecule has 9 heteroatoms. The van der Waals surface area contributed by atoms with Crippen LogP contribution in [0, 0.1) is 11.6 Å². The molecule has 0 bridgehead atoms. The lowest BCUT2D eigenvalue weighted by atomic mass is 10.0. The molecule has 0 aliphatic heterocycles. The second-order valence-corrected chi connectivity index (χ2v) is 4.35. The molecule has 0 aliphatic rings. The van der Waals surface area contributed by atoms with Gasteiger partial charge in [-0.25, -0.2) is 8.78 Å². The summed E-state index contributed by atoms with van der Waals surface area (Å²) in [6.45, 7) is 0. The summed E-state index contributed by atoms with van der Waals surface area (Å²) in [6.07, 6.45) is -7.81. The number of halogens is 8. The first-order chi connectivity index (χ1) is 8.48. The third-order valence-electron chi connectivity index (χ3n) is 2.18. The van der Waals surface area contributed by atoms with E-state index >= 15 is 0 Å². The van der Waals surface area contributed by atoms with Gasteiger partial charge in [-0.1, -0.05) is 0 Å². The molecule has 0 spiro atoms. The standard InChI is InChI=1S/C10H4BrF7O/c11-5-1-2-6(12)4(8(5)13)3-7(19)9(14,15)10(16,17)18/h1-2H,3H2. The molecule has 0 saturated heterocycles. The van der Waals surface area contributed by atoms with Crippen LogP contribution >= 0.6 is 15.9 Å². The lowest BCUT2D eigenvalue weighted by Gasteiger charge is -2.18. The fourth-order valence-electron chi connectivity index (χ4n) is 1.16. The van der Waals surface area contributed by atoms with Crippen molar-refractivity contribution in [3.8, 4) is 0 Å². The van der Waals surface area contributed by atoms with Gasteiger partial charge in [-0.2, -0.15) is 22.0 Å². The Bertz CT molecular complexity index is 509. The Hall–Kier alpha value is -1.12. The molecule has 1 rings (SSSR count). The predicted octanol–water partition coefficient (Wildman–Crippen LogP) is 4.04. The van der Waals surface area contributed by atoms with Crippen LogP contribution in [0.5, 0.6) is 0 Å². The van der Waals surface area contributed by atoms with Gasteiger partial charge in [0.15, 0.2) is 0 Å². The van der Waals surface area contributed by atoms with Crippen molar-refractivity contribution in [3.05, 3.63) is 33.8 Å². The minimum atomic E-state index is -6.11. The third kappa shape index (κ3) is 3.07. The summed E-state index contributed by atoms with van der Waals surface area (Å²) in [6, 6.07) is 1.53. The number of Topliss-reactive ketones (excluding diaryl/α,β-unsaturated/α-hetero) is 1. The largest absolute Gasteiger partial charge is 0.461 e. The first-order valence-corrected chi connectivity index (χ1v) is 5.38.